The first-order valence-electron chi connectivity index (χ1n) is 8.86. The van der Waals surface area contributed by atoms with Crippen molar-refractivity contribution in [1.29, 1.82) is 0 Å². The second-order valence-corrected chi connectivity index (χ2v) is 6.53. The number of ether oxygens (including phenoxy) is 1. The summed E-state index contributed by atoms with van der Waals surface area (Å²) in [5.41, 5.74) is 1.41. The van der Waals surface area contributed by atoms with Crippen LogP contribution < -0.4 is 5.32 Å². The molecule has 29 heavy (non-hydrogen) atoms. The summed E-state index contributed by atoms with van der Waals surface area (Å²) in [7, 11) is 1.26. The summed E-state index contributed by atoms with van der Waals surface area (Å²) < 4.78 is 4.66. The highest BCUT2D eigenvalue weighted by Crippen LogP contribution is 2.29. The highest BCUT2D eigenvalue weighted by Gasteiger charge is 2.33. The van der Waals surface area contributed by atoms with Gasteiger partial charge in [0, 0.05) is 22.2 Å². The highest BCUT2D eigenvalue weighted by molar-refractivity contribution is 6.26. The van der Waals surface area contributed by atoms with E-state index in [-0.39, 0.29) is 5.56 Å². The third-order valence-corrected chi connectivity index (χ3v) is 4.72. The Kier molecular flexibility index (Phi) is 4.56. The van der Waals surface area contributed by atoms with Crippen molar-refractivity contribution >= 4 is 40.2 Å². The van der Waals surface area contributed by atoms with E-state index in [1.807, 2.05) is 12.1 Å². The molecule has 144 valence electrons. The molecule has 7 heteroatoms. The molecule has 1 heterocycles. The minimum atomic E-state index is -0.555. The van der Waals surface area contributed by atoms with Crippen molar-refractivity contribution in [3.05, 3.63) is 77.4 Å². The molecule has 0 fully saturated rings. The summed E-state index contributed by atoms with van der Waals surface area (Å²) in [6.45, 7) is -0.440. The molecular weight excluding hydrogens is 372 g/mol. The van der Waals surface area contributed by atoms with E-state index in [1.165, 1.54) is 13.2 Å². The van der Waals surface area contributed by atoms with Crippen LogP contribution in [0.5, 0.6) is 0 Å². The summed E-state index contributed by atoms with van der Waals surface area (Å²) >= 11 is 0. The third kappa shape index (κ3) is 3.23. The van der Waals surface area contributed by atoms with Crippen LogP contribution in [0.25, 0.3) is 10.8 Å². The minimum Gasteiger partial charge on any atom is -0.465 e. The Morgan fingerprint density at radius 1 is 0.931 bits per heavy atom. The number of imide groups is 1. The number of hydrogen-bond acceptors (Lipinski definition) is 5. The molecule has 1 aliphatic rings. The predicted molar refractivity (Wildman–Crippen MR) is 106 cm³/mol. The van der Waals surface area contributed by atoms with Crippen molar-refractivity contribution in [2.75, 3.05) is 19.0 Å². The number of amides is 3. The lowest BCUT2D eigenvalue weighted by Gasteiger charge is -2.26. The lowest BCUT2D eigenvalue weighted by atomic mass is 9.94. The lowest BCUT2D eigenvalue weighted by Crippen LogP contribution is -2.44. The van der Waals surface area contributed by atoms with Gasteiger partial charge in [0.05, 0.1) is 12.7 Å². The first kappa shape index (κ1) is 18.4. The van der Waals surface area contributed by atoms with Crippen LogP contribution in [0.2, 0.25) is 0 Å². The molecule has 4 rings (SSSR count). The average molecular weight is 388 g/mol. The van der Waals surface area contributed by atoms with Gasteiger partial charge in [-0.25, -0.2) is 4.79 Å². The Hall–Kier alpha value is -4.00. The number of nitrogens with zero attached hydrogens (tertiary/aromatic N) is 1. The van der Waals surface area contributed by atoms with Crippen molar-refractivity contribution in [2.45, 2.75) is 0 Å². The number of nitrogens with one attached hydrogen (secondary N) is 1. The van der Waals surface area contributed by atoms with Gasteiger partial charge in [0.15, 0.2) is 0 Å². The van der Waals surface area contributed by atoms with E-state index in [2.05, 4.69) is 10.1 Å². The van der Waals surface area contributed by atoms with E-state index >= 15 is 0 Å². The Labute approximate surface area is 165 Å². The molecule has 0 radical (unpaired) electrons. The molecule has 0 saturated heterocycles. The standard InChI is InChI=1S/C22H16N2O5/c1-29-22(28)14-7-2-8-15(11-14)23-18(25)12-24-20(26)16-9-3-5-13-6-4-10-17(19(13)16)21(24)27/h2-11H,12H2,1H3,(H,23,25). The van der Waals surface area contributed by atoms with E-state index in [1.54, 1.807) is 42.5 Å². The SMILES string of the molecule is COC(=O)c1cccc(NC(=O)CN2C(=O)c3cccc4cccc(c34)C2=O)c1. The second kappa shape index (κ2) is 7.20. The Balaban J connectivity index is 1.57. The number of methoxy groups -OCH3 is 1. The van der Waals surface area contributed by atoms with Crippen LogP contribution in [-0.2, 0) is 9.53 Å². The Morgan fingerprint density at radius 2 is 1.55 bits per heavy atom. The fourth-order valence-electron chi connectivity index (χ4n) is 3.41. The average Bonchev–Trinajstić information content (AvgIpc) is 2.74. The van der Waals surface area contributed by atoms with Gasteiger partial charge in [0.2, 0.25) is 5.91 Å². The van der Waals surface area contributed by atoms with Gasteiger partial charge in [-0.05, 0) is 35.7 Å². The summed E-state index contributed by atoms with van der Waals surface area (Å²) in [6.07, 6.45) is 0. The fourth-order valence-corrected chi connectivity index (χ4v) is 3.41. The minimum absolute atomic E-state index is 0.274. The van der Waals surface area contributed by atoms with Gasteiger partial charge in [-0.1, -0.05) is 30.3 Å². The number of hydrogen-bond donors (Lipinski definition) is 1. The maximum Gasteiger partial charge on any atom is 0.337 e. The second-order valence-electron chi connectivity index (χ2n) is 6.53. The zero-order valence-corrected chi connectivity index (χ0v) is 15.5. The summed E-state index contributed by atoms with van der Waals surface area (Å²) in [4.78, 5) is 50.8. The van der Waals surface area contributed by atoms with Crippen molar-refractivity contribution in [1.82, 2.24) is 4.90 Å². The number of carbonyl (C=O) groups excluding carboxylic acids is 4. The van der Waals surface area contributed by atoms with Crippen molar-refractivity contribution in [3.8, 4) is 0 Å². The third-order valence-electron chi connectivity index (χ3n) is 4.72. The molecule has 0 unspecified atom stereocenters. The van der Waals surface area contributed by atoms with Gasteiger partial charge in [-0.15, -0.1) is 0 Å². The van der Waals surface area contributed by atoms with Crippen LogP contribution in [0.4, 0.5) is 5.69 Å². The molecule has 0 saturated carbocycles. The summed E-state index contributed by atoms with van der Waals surface area (Å²) in [5, 5.41) is 4.01. The molecule has 0 atom stereocenters. The topological polar surface area (TPSA) is 92.8 Å². The van der Waals surface area contributed by atoms with E-state index in [0.717, 1.165) is 10.3 Å². The van der Waals surface area contributed by atoms with E-state index in [4.69, 9.17) is 0 Å². The van der Waals surface area contributed by atoms with Gasteiger partial charge in [0.1, 0.15) is 6.54 Å². The molecule has 3 aromatic carbocycles. The molecule has 1 N–H and O–H groups in total. The fraction of sp³-hybridized carbons (Fsp3) is 0.0909. The molecule has 0 aromatic heterocycles. The zero-order chi connectivity index (χ0) is 20.5. The van der Waals surface area contributed by atoms with E-state index in [0.29, 0.717) is 22.2 Å². The zero-order valence-electron chi connectivity index (χ0n) is 15.5. The van der Waals surface area contributed by atoms with Crippen LogP contribution in [0, 0.1) is 0 Å². The summed E-state index contributed by atoms with van der Waals surface area (Å²) in [6, 6.07) is 16.6. The first-order valence-corrected chi connectivity index (χ1v) is 8.86. The molecule has 3 aromatic rings. The Morgan fingerprint density at radius 3 is 2.17 bits per heavy atom. The number of benzene rings is 3. The van der Waals surface area contributed by atoms with Crippen molar-refractivity contribution in [2.24, 2.45) is 0 Å². The number of anilines is 1. The summed E-state index contributed by atoms with van der Waals surface area (Å²) in [5.74, 6) is -2.12. The van der Waals surface area contributed by atoms with Crippen molar-refractivity contribution in [3.63, 3.8) is 0 Å². The van der Waals surface area contributed by atoms with Crippen LogP contribution in [0.15, 0.2) is 60.7 Å². The number of rotatable bonds is 4. The van der Waals surface area contributed by atoms with Gasteiger partial charge >= 0.3 is 5.97 Å². The largest absolute Gasteiger partial charge is 0.465 e. The normalized spacial score (nSPS) is 12.8. The van der Waals surface area contributed by atoms with E-state index in [9.17, 15) is 19.2 Å². The van der Waals surface area contributed by atoms with Crippen LogP contribution in [-0.4, -0.2) is 42.2 Å². The van der Waals surface area contributed by atoms with Gasteiger partial charge in [-0.2, -0.15) is 0 Å². The van der Waals surface area contributed by atoms with E-state index < -0.39 is 30.2 Å². The number of esters is 1. The molecule has 3 amide bonds. The molecule has 0 aliphatic carbocycles. The van der Waals surface area contributed by atoms with Crippen LogP contribution in [0.3, 0.4) is 0 Å². The Bertz CT molecular complexity index is 1130. The predicted octanol–water partition coefficient (Wildman–Crippen LogP) is 2.86. The van der Waals surface area contributed by atoms with Gasteiger partial charge in [0.25, 0.3) is 11.8 Å². The maximum absolute atomic E-state index is 12.8. The maximum atomic E-state index is 12.8. The first-order chi connectivity index (χ1) is 14.0. The molecule has 1 aliphatic heterocycles. The number of carbonyl (C=O) groups is 4. The highest BCUT2D eigenvalue weighted by atomic mass is 16.5. The smallest absolute Gasteiger partial charge is 0.337 e. The van der Waals surface area contributed by atoms with Gasteiger partial charge < -0.3 is 10.1 Å². The molecule has 0 spiro atoms. The van der Waals surface area contributed by atoms with Crippen LogP contribution >= 0.6 is 0 Å². The monoisotopic (exact) mass is 388 g/mol. The molecular formula is C22H16N2O5. The van der Waals surface area contributed by atoms with Gasteiger partial charge in [-0.3, -0.25) is 19.3 Å². The molecule has 0 bridgehead atoms. The van der Waals surface area contributed by atoms with Crippen LogP contribution in [0.1, 0.15) is 31.1 Å². The quantitative estimate of drug-likeness (QED) is 0.548. The molecule has 7 nitrogen and oxygen atoms in total. The van der Waals surface area contributed by atoms with Crippen molar-refractivity contribution < 1.29 is 23.9 Å². The lowest BCUT2D eigenvalue weighted by molar-refractivity contribution is -0.116.